The zero-order valence-electron chi connectivity index (χ0n) is 20.2. The third-order valence-corrected chi connectivity index (χ3v) is 8.61. The van der Waals surface area contributed by atoms with Crippen molar-refractivity contribution in [3.63, 3.8) is 0 Å². The van der Waals surface area contributed by atoms with Gasteiger partial charge in [0.15, 0.2) is 0 Å². The van der Waals surface area contributed by atoms with Crippen molar-refractivity contribution in [2.24, 2.45) is 0 Å². The smallest absolute Gasteiger partial charge is 0.322 e. The van der Waals surface area contributed by atoms with Crippen LogP contribution in [0.4, 0.5) is 10.5 Å². The Hall–Kier alpha value is -3.22. The summed E-state index contributed by atoms with van der Waals surface area (Å²) < 4.78 is 8.12. The highest BCUT2D eigenvalue weighted by Gasteiger charge is 2.36. The summed E-state index contributed by atoms with van der Waals surface area (Å²) in [5.41, 5.74) is 5.54. The highest BCUT2D eigenvalue weighted by molar-refractivity contribution is 7.15. The number of carbonyl (C=O) groups excluding carboxylic acids is 1. The number of nitrogens with one attached hydrogen (secondary N) is 1. The molecule has 5 nitrogen and oxygen atoms in total. The van der Waals surface area contributed by atoms with E-state index in [4.69, 9.17) is 16.3 Å². The molecule has 1 N–H and O–H groups in total. The predicted octanol–water partition coefficient (Wildman–Crippen LogP) is 7.61. The standard InChI is InChI=1S/C29H28ClN3O2S/c1-2-35-22-8-5-7-19(17-22)27-25-10-6-16-32(25)28-24(23-9-3-4-11-26(23)36-28)18-33(27)29(34)31-21-14-12-20(30)13-15-21/h5-8,10,12-17,27H,2-4,9,11,18H2,1H3,(H,31,34)/t27-/m0/s1. The first-order valence-electron chi connectivity index (χ1n) is 12.5. The van der Waals surface area contributed by atoms with E-state index >= 15 is 0 Å². The SMILES string of the molecule is CCOc1cccc([C@H]2c3cccn3-c3sc4c(c3CN2C(=O)Nc2ccc(Cl)cc2)CCCC4)c1. The Balaban J connectivity index is 1.48. The lowest BCUT2D eigenvalue weighted by Crippen LogP contribution is -2.38. The van der Waals surface area contributed by atoms with E-state index < -0.39 is 0 Å². The largest absolute Gasteiger partial charge is 0.494 e. The number of aryl methyl sites for hydroxylation is 1. The molecule has 1 aliphatic carbocycles. The summed E-state index contributed by atoms with van der Waals surface area (Å²) in [6.45, 7) is 3.12. The van der Waals surface area contributed by atoms with Crippen LogP contribution in [0.5, 0.6) is 5.75 Å². The second-order valence-electron chi connectivity index (χ2n) is 9.27. The maximum Gasteiger partial charge on any atom is 0.322 e. The molecule has 3 heterocycles. The zero-order valence-corrected chi connectivity index (χ0v) is 21.7. The van der Waals surface area contributed by atoms with Gasteiger partial charge in [-0.05, 0) is 92.3 Å². The third kappa shape index (κ3) is 4.18. The summed E-state index contributed by atoms with van der Waals surface area (Å²) in [7, 11) is 0. The average Bonchev–Trinajstić information content (AvgIpc) is 3.47. The number of carbonyl (C=O) groups is 1. The van der Waals surface area contributed by atoms with E-state index in [0.29, 0.717) is 18.2 Å². The lowest BCUT2D eigenvalue weighted by molar-refractivity contribution is 0.194. The molecule has 2 amide bonds. The third-order valence-electron chi connectivity index (χ3n) is 7.02. The molecular weight excluding hydrogens is 490 g/mol. The molecule has 2 aliphatic rings. The van der Waals surface area contributed by atoms with Crippen LogP contribution in [-0.2, 0) is 19.4 Å². The van der Waals surface area contributed by atoms with Gasteiger partial charge in [-0.25, -0.2) is 4.79 Å². The molecule has 2 aromatic carbocycles. The number of hydrogen-bond donors (Lipinski definition) is 1. The summed E-state index contributed by atoms with van der Waals surface area (Å²) in [4.78, 5) is 17.4. The van der Waals surface area contributed by atoms with E-state index in [1.165, 1.54) is 33.8 Å². The number of nitrogens with zero attached hydrogens (tertiary/aromatic N) is 2. The van der Waals surface area contributed by atoms with E-state index in [1.807, 2.05) is 47.4 Å². The van der Waals surface area contributed by atoms with Gasteiger partial charge in [0.25, 0.3) is 0 Å². The number of benzene rings is 2. The van der Waals surface area contributed by atoms with Crippen molar-refractivity contribution in [1.82, 2.24) is 9.47 Å². The summed E-state index contributed by atoms with van der Waals surface area (Å²) in [6.07, 6.45) is 6.77. The second-order valence-corrected chi connectivity index (χ2v) is 10.8. The van der Waals surface area contributed by atoms with Crippen molar-refractivity contribution in [1.29, 1.82) is 0 Å². The van der Waals surface area contributed by atoms with Gasteiger partial charge in [0.05, 0.1) is 24.9 Å². The topological polar surface area (TPSA) is 46.5 Å². The number of amides is 2. The van der Waals surface area contributed by atoms with Crippen LogP contribution in [0.2, 0.25) is 5.02 Å². The molecule has 0 radical (unpaired) electrons. The number of ether oxygens (including phenoxy) is 1. The molecular formula is C29H28ClN3O2S. The molecule has 184 valence electrons. The summed E-state index contributed by atoms with van der Waals surface area (Å²) >= 11 is 7.97. The normalized spacial score (nSPS) is 16.5. The van der Waals surface area contributed by atoms with Crippen LogP contribution in [-0.4, -0.2) is 22.1 Å². The van der Waals surface area contributed by atoms with Crippen molar-refractivity contribution in [2.75, 3.05) is 11.9 Å². The van der Waals surface area contributed by atoms with Crippen molar-refractivity contribution < 1.29 is 9.53 Å². The number of fused-ring (bicyclic) bond motifs is 5. The molecule has 0 fully saturated rings. The van der Waals surface area contributed by atoms with Crippen LogP contribution in [0.25, 0.3) is 5.00 Å². The first kappa shape index (κ1) is 23.2. The quantitative estimate of drug-likeness (QED) is 0.303. The van der Waals surface area contributed by atoms with Gasteiger partial charge in [-0.15, -0.1) is 11.3 Å². The van der Waals surface area contributed by atoms with Crippen molar-refractivity contribution in [3.05, 3.63) is 99.1 Å². The van der Waals surface area contributed by atoms with Crippen LogP contribution in [0.15, 0.2) is 66.9 Å². The fraction of sp³-hybridized carbons (Fsp3) is 0.276. The van der Waals surface area contributed by atoms with Crippen LogP contribution >= 0.6 is 22.9 Å². The van der Waals surface area contributed by atoms with E-state index in [0.717, 1.165) is 35.5 Å². The molecule has 0 bridgehead atoms. The lowest BCUT2D eigenvalue weighted by Gasteiger charge is -2.31. The molecule has 36 heavy (non-hydrogen) atoms. The minimum atomic E-state index is -0.272. The maximum absolute atomic E-state index is 14.0. The first-order chi connectivity index (χ1) is 17.6. The molecule has 2 aromatic heterocycles. The highest BCUT2D eigenvalue weighted by Crippen LogP contribution is 2.44. The Labute approximate surface area is 220 Å². The average molecular weight is 518 g/mol. The van der Waals surface area contributed by atoms with E-state index in [-0.39, 0.29) is 12.1 Å². The molecule has 0 saturated carbocycles. The van der Waals surface area contributed by atoms with Gasteiger partial charge in [-0.1, -0.05) is 23.7 Å². The van der Waals surface area contributed by atoms with Crippen LogP contribution < -0.4 is 10.1 Å². The lowest BCUT2D eigenvalue weighted by atomic mass is 9.95. The molecule has 1 aliphatic heterocycles. The molecule has 1 atom stereocenters. The number of aromatic nitrogens is 1. The second kappa shape index (κ2) is 9.68. The Kier molecular flexibility index (Phi) is 6.23. The number of hydrogen-bond acceptors (Lipinski definition) is 3. The Morgan fingerprint density at radius 1 is 1.08 bits per heavy atom. The summed E-state index contributed by atoms with van der Waals surface area (Å²) in [5.74, 6) is 0.808. The number of urea groups is 1. The highest BCUT2D eigenvalue weighted by atomic mass is 35.5. The predicted molar refractivity (Wildman–Crippen MR) is 146 cm³/mol. The fourth-order valence-corrected chi connectivity index (χ4v) is 6.94. The summed E-state index contributed by atoms with van der Waals surface area (Å²) in [5, 5.41) is 5.01. The van der Waals surface area contributed by atoms with Gasteiger partial charge in [0.1, 0.15) is 10.8 Å². The van der Waals surface area contributed by atoms with Crippen molar-refractivity contribution in [2.45, 2.75) is 45.2 Å². The van der Waals surface area contributed by atoms with Crippen LogP contribution in [0.1, 0.15) is 53.1 Å². The first-order valence-corrected chi connectivity index (χ1v) is 13.7. The summed E-state index contributed by atoms with van der Waals surface area (Å²) in [6, 6.07) is 19.2. The fourth-order valence-electron chi connectivity index (χ4n) is 5.41. The van der Waals surface area contributed by atoms with Gasteiger partial charge < -0.3 is 19.5 Å². The van der Waals surface area contributed by atoms with E-state index in [1.54, 1.807) is 12.1 Å². The maximum atomic E-state index is 14.0. The van der Waals surface area contributed by atoms with Crippen LogP contribution in [0.3, 0.4) is 0 Å². The minimum Gasteiger partial charge on any atom is -0.494 e. The van der Waals surface area contributed by atoms with E-state index in [2.05, 4.69) is 40.3 Å². The number of rotatable bonds is 4. The Bertz CT molecular complexity index is 1410. The molecule has 4 aromatic rings. The molecule has 7 heteroatoms. The molecule has 0 saturated heterocycles. The van der Waals surface area contributed by atoms with Crippen LogP contribution in [0, 0.1) is 0 Å². The molecule has 0 unspecified atom stereocenters. The van der Waals surface area contributed by atoms with Gasteiger partial charge in [0, 0.05) is 27.3 Å². The molecule has 0 spiro atoms. The van der Waals surface area contributed by atoms with Crippen molar-refractivity contribution >= 4 is 34.7 Å². The van der Waals surface area contributed by atoms with Crippen molar-refractivity contribution in [3.8, 4) is 10.8 Å². The number of anilines is 1. The van der Waals surface area contributed by atoms with Gasteiger partial charge in [-0.2, -0.15) is 0 Å². The van der Waals surface area contributed by atoms with E-state index in [9.17, 15) is 4.79 Å². The zero-order chi connectivity index (χ0) is 24.6. The number of thiophene rings is 1. The molecule has 6 rings (SSSR count). The Morgan fingerprint density at radius 2 is 1.92 bits per heavy atom. The van der Waals surface area contributed by atoms with Gasteiger partial charge >= 0.3 is 6.03 Å². The minimum absolute atomic E-state index is 0.138. The number of halogens is 1. The monoisotopic (exact) mass is 517 g/mol. The van der Waals surface area contributed by atoms with Gasteiger partial charge in [-0.3, -0.25) is 0 Å². The van der Waals surface area contributed by atoms with Gasteiger partial charge in [0.2, 0.25) is 0 Å². The Morgan fingerprint density at radius 3 is 2.75 bits per heavy atom.